The number of carbonyl (C=O) groups is 1. The Bertz CT molecular complexity index is 419. The van der Waals surface area contributed by atoms with Crippen molar-refractivity contribution >= 4 is 11.7 Å². The molecule has 5 nitrogen and oxygen atoms in total. The monoisotopic (exact) mass is 253 g/mol. The van der Waals surface area contributed by atoms with Crippen LogP contribution in [0, 0.1) is 5.92 Å². The normalized spacial score (nSPS) is 13.6. The SMILES string of the molecule is COc1ccc(NC(C)C(C)C(=O)O)cc1OC. The summed E-state index contributed by atoms with van der Waals surface area (Å²) in [5, 5.41) is 12.1. The summed E-state index contributed by atoms with van der Waals surface area (Å²) in [5.41, 5.74) is 0.799. The van der Waals surface area contributed by atoms with Gasteiger partial charge in [-0.25, -0.2) is 0 Å². The first-order valence-electron chi connectivity index (χ1n) is 5.71. The zero-order valence-corrected chi connectivity index (χ0v) is 11.1. The van der Waals surface area contributed by atoms with Gasteiger partial charge in [0.05, 0.1) is 20.1 Å². The summed E-state index contributed by atoms with van der Waals surface area (Å²) in [4.78, 5) is 10.9. The number of benzene rings is 1. The first-order valence-corrected chi connectivity index (χ1v) is 5.71. The van der Waals surface area contributed by atoms with Crippen LogP contribution >= 0.6 is 0 Å². The van der Waals surface area contributed by atoms with Gasteiger partial charge in [-0.3, -0.25) is 4.79 Å². The van der Waals surface area contributed by atoms with Crippen molar-refractivity contribution < 1.29 is 19.4 Å². The molecule has 2 atom stereocenters. The fourth-order valence-electron chi connectivity index (χ4n) is 1.53. The summed E-state index contributed by atoms with van der Waals surface area (Å²) >= 11 is 0. The number of aliphatic carboxylic acids is 1. The summed E-state index contributed by atoms with van der Waals surface area (Å²) in [6, 6.07) is 5.20. The quantitative estimate of drug-likeness (QED) is 0.813. The van der Waals surface area contributed by atoms with Crippen LogP contribution in [0.3, 0.4) is 0 Å². The van der Waals surface area contributed by atoms with Crippen LogP contribution in [0.5, 0.6) is 11.5 Å². The Morgan fingerprint density at radius 2 is 1.83 bits per heavy atom. The number of rotatable bonds is 6. The van der Waals surface area contributed by atoms with Crippen molar-refractivity contribution in [2.45, 2.75) is 19.9 Å². The maximum absolute atomic E-state index is 10.9. The average molecular weight is 253 g/mol. The van der Waals surface area contributed by atoms with E-state index in [1.54, 1.807) is 33.3 Å². The van der Waals surface area contributed by atoms with Gasteiger partial charge in [-0.15, -0.1) is 0 Å². The van der Waals surface area contributed by atoms with Crippen LogP contribution in [0.1, 0.15) is 13.8 Å². The van der Waals surface area contributed by atoms with Crippen molar-refractivity contribution in [1.82, 2.24) is 0 Å². The molecule has 0 aliphatic rings. The minimum absolute atomic E-state index is 0.180. The summed E-state index contributed by atoms with van der Waals surface area (Å²) in [6.45, 7) is 3.50. The topological polar surface area (TPSA) is 67.8 Å². The lowest BCUT2D eigenvalue weighted by Crippen LogP contribution is -2.29. The molecule has 0 aromatic heterocycles. The fourth-order valence-corrected chi connectivity index (χ4v) is 1.53. The molecule has 0 heterocycles. The molecule has 0 bridgehead atoms. The van der Waals surface area contributed by atoms with Crippen molar-refractivity contribution in [1.29, 1.82) is 0 Å². The Kier molecular flexibility index (Phi) is 4.83. The first kappa shape index (κ1) is 14.2. The molecule has 0 saturated heterocycles. The largest absolute Gasteiger partial charge is 0.493 e. The van der Waals surface area contributed by atoms with E-state index in [1.807, 2.05) is 13.0 Å². The summed E-state index contributed by atoms with van der Waals surface area (Å²) in [7, 11) is 3.13. The van der Waals surface area contributed by atoms with Crippen molar-refractivity contribution in [3.05, 3.63) is 18.2 Å². The number of ether oxygens (including phenoxy) is 2. The third kappa shape index (κ3) is 3.29. The molecule has 5 heteroatoms. The lowest BCUT2D eigenvalue weighted by Gasteiger charge is -2.19. The van der Waals surface area contributed by atoms with E-state index < -0.39 is 11.9 Å². The third-order valence-corrected chi connectivity index (χ3v) is 2.92. The molecule has 1 aromatic carbocycles. The minimum Gasteiger partial charge on any atom is -0.493 e. The lowest BCUT2D eigenvalue weighted by molar-refractivity contribution is -0.141. The van der Waals surface area contributed by atoms with E-state index in [9.17, 15) is 4.79 Å². The molecule has 0 aliphatic heterocycles. The second-order valence-electron chi connectivity index (χ2n) is 4.13. The van der Waals surface area contributed by atoms with Gasteiger partial charge >= 0.3 is 5.97 Å². The van der Waals surface area contributed by atoms with Crippen molar-refractivity contribution in [3.8, 4) is 11.5 Å². The highest BCUT2D eigenvalue weighted by Crippen LogP contribution is 2.30. The average Bonchev–Trinajstić information content (AvgIpc) is 2.37. The summed E-state index contributed by atoms with van der Waals surface area (Å²) in [5.74, 6) is -0.0479. The first-order chi connectivity index (χ1) is 8.49. The number of nitrogens with one attached hydrogen (secondary N) is 1. The predicted octanol–water partition coefficient (Wildman–Crippen LogP) is 2.22. The zero-order valence-electron chi connectivity index (χ0n) is 11.1. The van der Waals surface area contributed by atoms with E-state index in [0.29, 0.717) is 11.5 Å². The Balaban J connectivity index is 2.82. The third-order valence-electron chi connectivity index (χ3n) is 2.92. The van der Waals surface area contributed by atoms with E-state index in [1.165, 1.54) is 0 Å². The van der Waals surface area contributed by atoms with Gasteiger partial charge in [-0.2, -0.15) is 0 Å². The van der Waals surface area contributed by atoms with E-state index in [0.717, 1.165) is 5.69 Å². The molecule has 0 spiro atoms. The number of hydrogen-bond acceptors (Lipinski definition) is 4. The van der Waals surface area contributed by atoms with Crippen LogP contribution in [-0.4, -0.2) is 31.3 Å². The molecule has 18 heavy (non-hydrogen) atoms. The van der Waals surface area contributed by atoms with Gasteiger partial charge in [0.15, 0.2) is 11.5 Å². The maximum Gasteiger partial charge on any atom is 0.308 e. The van der Waals surface area contributed by atoms with Crippen LogP contribution in [0.4, 0.5) is 5.69 Å². The molecular formula is C13H19NO4. The molecule has 0 saturated carbocycles. The molecule has 1 aromatic rings. The van der Waals surface area contributed by atoms with Gasteiger partial charge in [-0.1, -0.05) is 0 Å². The molecule has 0 amide bonds. The summed E-state index contributed by atoms with van der Waals surface area (Å²) < 4.78 is 10.3. The molecule has 0 fully saturated rings. The molecule has 2 N–H and O–H groups in total. The van der Waals surface area contributed by atoms with E-state index in [4.69, 9.17) is 14.6 Å². The Hall–Kier alpha value is -1.91. The van der Waals surface area contributed by atoms with Gasteiger partial charge in [0, 0.05) is 17.8 Å². The van der Waals surface area contributed by atoms with Crippen LogP contribution in [-0.2, 0) is 4.79 Å². The van der Waals surface area contributed by atoms with Gasteiger partial charge in [0.2, 0.25) is 0 Å². The number of hydrogen-bond donors (Lipinski definition) is 2. The van der Waals surface area contributed by atoms with E-state index >= 15 is 0 Å². The lowest BCUT2D eigenvalue weighted by atomic mass is 10.0. The summed E-state index contributed by atoms with van der Waals surface area (Å²) in [6.07, 6.45) is 0. The second-order valence-corrected chi connectivity index (χ2v) is 4.13. The second kappa shape index (κ2) is 6.14. The predicted molar refractivity (Wildman–Crippen MR) is 69.4 cm³/mol. The van der Waals surface area contributed by atoms with Crippen LogP contribution in [0.2, 0.25) is 0 Å². The zero-order chi connectivity index (χ0) is 13.7. The Labute approximate surface area is 107 Å². The molecule has 0 radical (unpaired) electrons. The number of methoxy groups -OCH3 is 2. The highest BCUT2D eigenvalue weighted by Gasteiger charge is 2.19. The number of carboxylic acid groups (broad SMARTS) is 1. The van der Waals surface area contributed by atoms with Gasteiger partial charge < -0.3 is 19.9 Å². The molecular weight excluding hydrogens is 234 g/mol. The van der Waals surface area contributed by atoms with Crippen molar-refractivity contribution in [2.24, 2.45) is 5.92 Å². The Morgan fingerprint density at radius 3 is 2.33 bits per heavy atom. The van der Waals surface area contributed by atoms with Gasteiger partial charge in [0.1, 0.15) is 0 Å². The van der Waals surface area contributed by atoms with E-state index in [-0.39, 0.29) is 6.04 Å². The Morgan fingerprint density at radius 1 is 1.22 bits per heavy atom. The minimum atomic E-state index is -0.824. The highest BCUT2D eigenvalue weighted by molar-refractivity contribution is 5.71. The smallest absolute Gasteiger partial charge is 0.308 e. The van der Waals surface area contributed by atoms with Crippen molar-refractivity contribution in [3.63, 3.8) is 0 Å². The number of anilines is 1. The fraction of sp³-hybridized carbons (Fsp3) is 0.462. The van der Waals surface area contributed by atoms with Crippen LogP contribution < -0.4 is 14.8 Å². The molecule has 2 unspecified atom stereocenters. The molecule has 100 valence electrons. The van der Waals surface area contributed by atoms with Crippen LogP contribution in [0.25, 0.3) is 0 Å². The molecule has 1 rings (SSSR count). The van der Waals surface area contributed by atoms with E-state index in [2.05, 4.69) is 5.32 Å². The van der Waals surface area contributed by atoms with Crippen molar-refractivity contribution in [2.75, 3.05) is 19.5 Å². The standard InChI is InChI=1S/C13H19NO4/c1-8(13(15)16)9(2)14-10-5-6-11(17-3)12(7-10)18-4/h5-9,14H,1-4H3,(H,15,16). The van der Waals surface area contributed by atoms with Crippen LogP contribution in [0.15, 0.2) is 18.2 Å². The molecule has 0 aliphatic carbocycles. The maximum atomic E-state index is 10.9. The van der Waals surface area contributed by atoms with Gasteiger partial charge in [0.25, 0.3) is 0 Å². The number of carboxylic acids is 1. The van der Waals surface area contributed by atoms with Gasteiger partial charge in [-0.05, 0) is 26.0 Å². The highest BCUT2D eigenvalue weighted by atomic mass is 16.5.